The lowest BCUT2D eigenvalue weighted by Crippen LogP contribution is -2.61. The average molecular weight is 502 g/mol. The molecule has 1 fully saturated rings. The van der Waals surface area contributed by atoms with Gasteiger partial charge in [-0.05, 0) is 46.8 Å². The highest BCUT2D eigenvalue weighted by atomic mass is 19.4. The highest BCUT2D eigenvalue weighted by molar-refractivity contribution is 5.86. The van der Waals surface area contributed by atoms with Gasteiger partial charge in [-0.25, -0.2) is 19.7 Å². The summed E-state index contributed by atoms with van der Waals surface area (Å²) in [6, 6.07) is 3.89. The Bertz CT molecular complexity index is 1350. The summed E-state index contributed by atoms with van der Waals surface area (Å²) < 4.78 is 49.8. The molecule has 0 saturated carbocycles. The normalized spacial score (nSPS) is 18.2. The molecule has 4 heterocycles. The fourth-order valence-electron chi connectivity index (χ4n) is 4.42. The number of piperazine rings is 1. The van der Waals surface area contributed by atoms with Gasteiger partial charge in [0.1, 0.15) is 23.4 Å². The molecule has 0 radical (unpaired) electrons. The summed E-state index contributed by atoms with van der Waals surface area (Å²) in [6.07, 6.45) is -2.00. The lowest BCUT2D eigenvalue weighted by molar-refractivity contribution is -0.136. The van der Waals surface area contributed by atoms with Gasteiger partial charge in [0.2, 0.25) is 0 Å². The van der Waals surface area contributed by atoms with E-state index in [-0.39, 0.29) is 34.7 Å². The SMILES string of the molecule is CC(C)(C)OC(=O)N1CCNC(C)(C)C1c1ncnc2c1c(C(F)(F)F)cn2-c1cc(C#N)ccn1. The minimum absolute atomic E-state index is 0.0329. The second-order valence-electron chi connectivity index (χ2n) is 10.1. The van der Waals surface area contributed by atoms with Crippen LogP contribution in [0.15, 0.2) is 30.9 Å². The molecule has 1 N–H and O–H groups in total. The van der Waals surface area contributed by atoms with Crippen molar-refractivity contribution in [1.29, 1.82) is 5.26 Å². The van der Waals surface area contributed by atoms with Gasteiger partial charge in [0.25, 0.3) is 0 Å². The molecular formula is C24H26F3N7O2. The van der Waals surface area contributed by atoms with Gasteiger partial charge in [-0.15, -0.1) is 0 Å². The minimum atomic E-state index is -4.75. The number of halogens is 3. The van der Waals surface area contributed by atoms with E-state index < -0.39 is 35.0 Å². The molecule has 0 aromatic carbocycles. The van der Waals surface area contributed by atoms with E-state index >= 15 is 0 Å². The van der Waals surface area contributed by atoms with Crippen molar-refractivity contribution < 1.29 is 22.7 Å². The highest BCUT2D eigenvalue weighted by Crippen LogP contribution is 2.43. The van der Waals surface area contributed by atoms with E-state index in [2.05, 4.69) is 20.3 Å². The summed E-state index contributed by atoms with van der Waals surface area (Å²) in [5.41, 5.74) is -2.39. The molecule has 1 amide bonds. The number of carbonyl (C=O) groups is 1. The highest BCUT2D eigenvalue weighted by Gasteiger charge is 2.46. The minimum Gasteiger partial charge on any atom is -0.444 e. The van der Waals surface area contributed by atoms with E-state index in [1.54, 1.807) is 34.6 Å². The number of carbonyl (C=O) groups excluding carboxylic acids is 1. The van der Waals surface area contributed by atoms with Gasteiger partial charge in [0, 0.05) is 31.0 Å². The number of pyridine rings is 1. The molecule has 1 aliphatic heterocycles. The maximum absolute atomic E-state index is 14.3. The van der Waals surface area contributed by atoms with Gasteiger partial charge in [-0.3, -0.25) is 9.47 Å². The van der Waals surface area contributed by atoms with Crippen LogP contribution in [0.2, 0.25) is 0 Å². The van der Waals surface area contributed by atoms with Gasteiger partial charge in [-0.1, -0.05) is 0 Å². The summed E-state index contributed by atoms with van der Waals surface area (Å²) in [6.45, 7) is 9.40. The summed E-state index contributed by atoms with van der Waals surface area (Å²) in [4.78, 5) is 27.2. The Labute approximate surface area is 205 Å². The number of nitrogens with zero attached hydrogens (tertiary/aromatic N) is 6. The molecule has 1 saturated heterocycles. The number of ether oxygens (including phenoxy) is 1. The van der Waals surface area contributed by atoms with Crippen LogP contribution in [0.4, 0.5) is 18.0 Å². The maximum Gasteiger partial charge on any atom is 0.418 e. The van der Waals surface area contributed by atoms with Crippen LogP contribution < -0.4 is 5.32 Å². The molecule has 1 aliphatic rings. The van der Waals surface area contributed by atoms with Crippen LogP contribution in [-0.4, -0.2) is 54.7 Å². The van der Waals surface area contributed by atoms with Crippen LogP contribution in [0.3, 0.4) is 0 Å². The van der Waals surface area contributed by atoms with Crippen LogP contribution in [0.25, 0.3) is 16.9 Å². The fraction of sp³-hybridized carbons (Fsp3) is 0.458. The Hall–Kier alpha value is -3.72. The van der Waals surface area contributed by atoms with E-state index in [1.165, 1.54) is 34.1 Å². The zero-order chi connectivity index (χ0) is 26.5. The summed E-state index contributed by atoms with van der Waals surface area (Å²) >= 11 is 0. The first-order valence-electron chi connectivity index (χ1n) is 11.3. The molecule has 190 valence electrons. The summed E-state index contributed by atoms with van der Waals surface area (Å²) in [5.74, 6) is 0.101. The van der Waals surface area contributed by atoms with Gasteiger partial charge < -0.3 is 10.1 Å². The Morgan fingerprint density at radius 3 is 2.61 bits per heavy atom. The molecule has 0 bridgehead atoms. The van der Waals surface area contributed by atoms with E-state index in [9.17, 15) is 23.2 Å². The summed E-state index contributed by atoms with van der Waals surface area (Å²) in [7, 11) is 0. The van der Waals surface area contributed by atoms with Crippen molar-refractivity contribution in [2.24, 2.45) is 0 Å². The van der Waals surface area contributed by atoms with E-state index in [1.807, 2.05) is 6.07 Å². The zero-order valence-electron chi connectivity index (χ0n) is 20.5. The predicted molar refractivity (Wildman–Crippen MR) is 124 cm³/mol. The molecule has 1 unspecified atom stereocenters. The Kier molecular flexibility index (Phi) is 6.16. The van der Waals surface area contributed by atoms with Crippen LogP contribution in [0.1, 0.15) is 57.5 Å². The molecule has 0 aliphatic carbocycles. The number of fused-ring (bicyclic) bond motifs is 1. The maximum atomic E-state index is 14.3. The van der Waals surface area contributed by atoms with Crippen molar-refractivity contribution in [3.63, 3.8) is 0 Å². The first-order valence-corrected chi connectivity index (χ1v) is 11.3. The van der Waals surface area contributed by atoms with Crippen molar-refractivity contribution in [3.8, 4) is 11.9 Å². The lowest BCUT2D eigenvalue weighted by Gasteiger charge is -2.46. The van der Waals surface area contributed by atoms with Gasteiger partial charge in [-0.2, -0.15) is 18.4 Å². The number of alkyl halides is 3. The van der Waals surface area contributed by atoms with E-state index in [0.717, 1.165) is 6.20 Å². The monoisotopic (exact) mass is 501 g/mol. The van der Waals surface area contributed by atoms with Crippen LogP contribution >= 0.6 is 0 Å². The first kappa shape index (κ1) is 25.4. The van der Waals surface area contributed by atoms with E-state index in [0.29, 0.717) is 6.54 Å². The number of amides is 1. The van der Waals surface area contributed by atoms with E-state index in [4.69, 9.17) is 4.74 Å². The number of hydrogen-bond donors (Lipinski definition) is 1. The number of aromatic nitrogens is 4. The van der Waals surface area contributed by atoms with Gasteiger partial charge in [0.05, 0.1) is 34.3 Å². The third kappa shape index (κ3) is 4.70. The third-order valence-corrected chi connectivity index (χ3v) is 5.85. The second-order valence-corrected chi connectivity index (χ2v) is 10.1. The molecule has 9 nitrogen and oxygen atoms in total. The quantitative estimate of drug-likeness (QED) is 0.556. The van der Waals surface area contributed by atoms with Crippen LogP contribution in [0, 0.1) is 11.3 Å². The van der Waals surface area contributed by atoms with Crippen molar-refractivity contribution in [2.75, 3.05) is 13.1 Å². The number of nitriles is 1. The Balaban J connectivity index is 1.98. The molecular weight excluding hydrogens is 475 g/mol. The standard InChI is InChI=1S/C24H26F3N7O2/c1-22(2,3)36-21(35)33-9-8-32-23(4,5)19(33)18-17-15(24(25,26)27)12-34(20(17)31-13-30-18)16-10-14(11-28)6-7-29-16/h6-7,10,12-13,19,32H,8-9H2,1-5H3. The van der Waals surface area contributed by atoms with Gasteiger partial charge in [0.15, 0.2) is 0 Å². The molecule has 1 atom stereocenters. The number of rotatable bonds is 2. The average Bonchev–Trinajstić information content (AvgIpc) is 3.18. The molecule has 12 heteroatoms. The Morgan fingerprint density at radius 2 is 1.97 bits per heavy atom. The second kappa shape index (κ2) is 8.74. The first-order chi connectivity index (χ1) is 16.7. The van der Waals surface area contributed by atoms with Crippen molar-refractivity contribution >= 4 is 17.1 Å². The molecule has 4 rings (SSSR count). The number of nitrogens with one attached hydrogen (secondary N) is 1. The summed E-state index contributed by atoms with van der Waals surface area (Å²) in [5, 5.41) is 12.3. The molecule has 36 heavy (non-hydrogen) atoms. The zero-order valence-corrected chi connectivity index (χ0v) is 20.5. The molecule has 0 spiro atoms. The number of hydrogen-bond acceptors (Lipinski definition) is 7. The van der Waals surface area contributed by atoms with Crippen LogP contribution in [0.5, 0.6) is 0 Å². The molecule has 3 aromatic heterocycles. The van der Waals surface area contributed by atoms with Crippen molar-refractivity contribution in [2.45, 2.75) is 58.0 Å². The van der Waals surface area contributed by atoms with Crippen LogP contribution in [-0.2, 0) is 10.9 Å². The fourth-order valence-corrected chi connectivity index (χ4v) is 4.42. The topological polar surface area (TPSA) is 109 Å². The van der Waals surface area contributed by atoms with Crippen molar-refractivity contribution in [1.82, 2.24) is 29.7 Å². The lowest BCUT2D eigenvalue weighted by atomic mass is 9.86. The Morgan fingerprint density at radius 1 is 1.25 bits per heavy atom. The molecule has 3 aromatic rings. The van der Waals surface area contributed by atoms with Crippen molar-refractivity contribution in [3.05, 3.63) is 47.7 Å². The smallest absolute Gasteiger partial charge is 0.418 e. The largest absolute Gasteiger partial charge is 0.444 e. The van der Waals surface area contributed by atoms with Gasteiger partial charge >= 0.3 is 12.3 Å². The predicted octanol–water partition coefficient (Wildman–Crippen LogP) is 4.37. The third-order valence-electron chi connectivity index (χ3n) is 5.85.